The number of anilines is 2. The summed E-state index contributed by atoms with van der Waals surface area (Å²) in [5.41, 5.74) is 4.94. The van der Waals surface area contributed by atoms with Gasteiger partial charge in [0, 0.05) is 11.4 Å². The molecule has 0 fully saturated rings. The summed E-state index contributed by atoms with van der Waals surface area (Å²) in [4.78, 5) is 23.7. The minimum atomic E-state index is -0.385. The lowest BCUT2D eigenvalue weighted by atomic mass is 10.1. The van der Waals surface area contributed by atoms with Gasteiger partial charge in [-0.25, -0.2) is 5.43 Å². The average molecular weight is 422 g/mol. The van der Waals surface area contributed by atoms with Crippen LogP contribution >= 0.6 is 23.2 Å². The Morgan fingerprint density at radius 2 is 1.75 bits per heavy atom. The van der Waals surface area contributed by atoms with Gasteiger partial charge in [0.1, 0.15) is 0 Å². The maximum absolute atomic E-state index is 12.3. The number of hydrazone groups is 1. The van der Waals surface area contributed by atoms with Crippen molar-refractivity contribution in [3.8, 4) is 0 Å². The lowest BCUT2D eigenvalue weighted by Crippen LogP contribution is -2.22. The summed E-state index contributed by atoms with van der Waals surface area (Å²) < 4.78 is 4.84. The maximum atomic E-state index is 12.3. The zero-order valence-electron chi connectivity index (χ0n) is 15.6. The summed E-state index contributed by atoms with van der Waals surface area (Å²) in [7, 11) is 0. The zero-order chi connectivity index (χ0) is 20.5. The third kappa shape index (κ3) is 6.55. The first-order valence-corrected chi connectivity index (χ1v) is 9.42. The minimum Gasteiger partial charge on any atom is -0.466 e. The van der Waals surface area contributed by atoms with Gasteiger partial charge >= 0.3 is 5.97 Å². The number of para-hydroxylation sites is 2. The third-order valence-electron chi connectivity index (χ3n) is 3.67. The number of hydrogen-bond donors (Lipinski definition) is 2. The second kappa shape index (κ2) is 10.7. The molecule has 0 heterocycles. The van der Waals surface area contributed by atoms with Crippen molar-refractivity contribution in [1.29, 1.82) is 0 Å². The molecule has 0 aliphatic rings. The van der Waals surface area contributed by atoms with Crippen molar-refractivity contribution in [2.24, 2.45) is 5.10 Å². The van der Waals surface area contributed by atoms with Crippen LogP contribution in [0.2, 0.25) is 10.0 Å². The molecule has 0 atom stereocenters. The van der Waals surface area contributed by atoms with Crippen molar-refractivity contribution in [1.82, 2.24) is 5.43 Å². The predicted octanol–water partition coefficient (Wildman–Crippen LogP) is 4.72. The van der Waals surface area contributed by atoms with Crippen molar-refractivity contribution < 1.29 is 14.3 Å². The summed E-state index contributed by atoms with van der Waals surface area (Å²) >= 11 is 12.4. The van der Waals surface area contributed by atoms with Gasteiger partial charge in [0.25, 0.3) is 0 Å². The standard InChI is InChI=1S/C20H21Cl2N3O3/c1-3-28-19(27)11-13(2)24-25-18(26)12-14-7-4-5-10-17(14)23-20-15(21)8-6-9-16(20)22/h4-10,23H,3,11-12H2,1-2H3,(H,25,26)/b24-13+. The van der Waals surface area contributed by atoms with E-state index in [1.807, 2.05) is 24.3 Å². The second-order valence-corrected chi connectivity index (χ2v) is 6.73. The molecule has 2 aromatic rings. The molecule has 0 saturated heterocycles. The molecule has 1 amide bonds. The number of nitrogens with zero attached hydrogens (tertiary/aromatic N) is 1. The van der Waals surface area contributed by atoms with Crippen molar-refractivity contribution in [2.75, 3.05) is 11.9 Å². The van der Waals surface area contributed by atoms with Crippen molar-refractivity contribution >= 4 is 52.2 Å². The first-order chi connectivity index (χ1) is 13.4. The van der Waals surface area contributed by atoms with Crippen molar-refractivity contribution in [3.05, 3.63) is 58.1 Å². The van der Waals surface area contributed by atoms with Gasteiger partial charge in [-0.1, -0.05) is 47.5 Å². The van der Waals surface area contributed by atoms with E-state index in [9.17, 15) is 9.59 Å². The third-order valence-corrected chi connectivity index (χ3v) is 4.30. The quantitative estimate of drug-likeness (QED) is 0.366. The largest absolute Gasteiger partial charge is 0.466 e. The summed E-state index contributed by atoms with van der Waals surface area (Å²) in [6.45, 7) is 3.68. The Morgan fingerprint density at radius 3 is 2.43 bits per heavy atom. The highest BCUT2D eigenvalue weighted by molar-refractivity contribution is 6.39. The zero-order valence-corrected chi connectivity index (χ0v) is 17.1. The van der Waals surface area contributed by atoms with Crippen LogP contribution in [0.3, 0.4) is 0 Å². The van der Waals surface area contributed by atoms with E-state index in [2.05, 4.69) is 15.8 Å². The molecule has 2 aromatic carbocycles. The molecular formula is C20H21Cl2N3O3. The highest BCUT2D eigenvalue weighted by atomic mass is 35.5. The number of benzene rings is 2. The molecule has 0 spiro atoms. The second-order valence-electron chi connectivity index (χ2n) is 5.92. The Labute approximate surface area is 173 Å². The fourth-order valence-electron chi connectivity index (χ4n) is 2.38. The van der Waals surface area contributed by atoms with Crippen molar-refractivity contribution in [2.45, 2.75) is 26.7 Å². The average Bonchev–Trinajstić information content (AvgIpc) is 2.64. The van der Waals surface area contributed by atoms with E-state index in [0.717, 1.165) is 5.56 Å². The van der Waals surface area contributed by atoms with Gasteiger partial charge in [0.05, 0.1) is 35.2 Å². The van der Waals surface area contributed by atoms with E-state index >= 15 is 0 Å². The van der Waals surface area contributed by atoms with Crippen LogP contribution in [0.15, 0.2) is 47.6 Å². The number of hydrogen-bond acceptors (Lipinski definition) is 5. The molecule has 0 radical (unpaired) electrons. The monoisotopic (exact) mass is 421 g/mol. The Bertz CT molecular complexity index is 864. The molecule has 0 bridgehead atoms. The topological polar surface area (TPSA) is 79.8 Å². The molecule has 0 unspecified atom stereocenters. The number of rotatable bonds is 8. The van der Waals surface area contributed by atoms with Gasteiger partial charge in [-0.05, 0) is 37.6 Å². The first-order valence-electron chi connectivity index (χ1n) is 8.67. The molecule has 8 heteroatoms. The number of esters is 1. The van der Waals surface area contributed by atoms with Gasteiger partial charge < -0.3 is 10.1 Å². The van der Waals surface area contributed by atoms with Crippen LogP contribution in [-0.4, -0.2) is 24.2 Å². The fraction of sp³-hybridized carbons (Fsp3) is 0.250. The van der Waals surface area contributed by atoms with Crippen LogP contribution in [0, 0.1) is 0 Å². The Hall–Kier alpha value is -2.57. The fourth-order valence-corrected chi connectivity index (χ4v) is 2.87. The number of amides is 1. The van der Waals surface area contributed by atoms with E-state index < -0.39 is 0 Å². The Balaban J connectivity index is 2.05. The number of carbonyl (C=O) groups is 2. The molecule has 0 aliphatic carbocycles. The lowest BCUT2D eigenvalue weighted by molar-refractivity contribution is -0.141. The number of halogens is 2. The van der Waals surface area contributed by atoms with E-state index in [0.29, 0.717) is 33.7 Å². The lowest BCUT2D eigenvalue weighted by Gasteiger charge is -2.14. The van der Waals surface area contributed by atoms with Gasteiger partial charge in [-0.15, -0.1) is 0 Å². The van der Waals surface area contributed by atoms with Crippen LogP contribution in [0.4, 0.5) is 11.4 Å². The highest BCUT2D eigenvalue weighted by Gasteiger charge is 2.11. The van der Waals surface area contributed by atoms with Crippen molar-refractivity contribution in [3.63, 3.8) is 0 Å². The number of ether oxygens (including phenoxy) is 1. The van der Waals surface area contributed by atoms with Crippen LogP contribution in [0.25, 0.3) is 0 Å². The molecule has 148 valence electrons. The van der Waals surface area contributed by atoms with Gasteiger partial charge in [0.15, 0.2) is 0 Å². The molecule has 6 nitrogen and oxygen atoms in total. The van der Waals surface area contributed by atoms with Crippen LogP contribution in [0.5, 0.6) is 0 Å². The molecule has 0 aromatic heterocycles. The van der Waals surface area contributed by atoms with E-state index in [1.165, 1.54) is 0 Å². The Morgan fingerprint density at radius 1 is 1.07 bits per heavy atom. The summed E-state index contributed by atoms with van der Waals surface area (Å²) in [5, 5.41) is 8.07. The molecule has 28 heavy (non-hydrogen) atoms. The van der Waals surface area contributed by atoms with Gasteiger partial charge in [-0.2, -0.15) is 5.10 Å². The smallest absolute Gasteiger partial charge is 0.311 e. The molecule has 0 aliphatic heterocycles. The molecule has 0 saturated carbocycles. The Kier molecular flexibility index (Phi) is 8.29. The van der Waals surface area contributed by atoms with E-state index in [-0.39, 0.29) is 24.7 Å². The van der Waals surface area contributed by atoms with E-state index in [4.69, 9.17) is 27.9 Å². The summed E-state index contributed by atoms with van der Waals surface area (Å²) in [5.74, 6) is -0.702. The number of carbonyl (C=O) groups excluding carboxylic acids is 2. The van der Waals surface area contributed by atoms with E-state index in [1.54, 1.807) is 32.0 Å². The normalized spacial score (nSPS) is 11.1. The summed E-state index contributed by atoms with van der Waals surface area (Å²) in [6, 6.07) is 12.5. The first kappa shape index (κ1) is 21.7. The maximum Gasteiger partial charge on any atom is 0.311 e. The van der Waals surface area contributed by atoms with Crippen LogP contribution in [-0.2, 0) is 20.7 Å². The minimum absolute atomic E-state index is 0.0251. The SMILES string of the molecule is CCOC(=O)C/C(C)=N/NC(=O)Cc1ccccc1Nc1c(Cl)cccc1Cl. The highest BCUT2D eigenvalue weighted by Crippen LogP contribution is 2.33. The van der Waals surface area contributed by atoms with Gasteiger partial charge in [0.2, 0.25) is 5.91 Å². The predicted molar refractivity (Wildman–Crippen MR) is 112 cm³/mol. The molecular weight excluding hydrogens is 401 g/mol. The number of nitrogens with one attached hydrogen (secondary N) is 2. The molecule has 2 N–H and O–H groups in total. The van der Waals surface area contributed by atoms with Gasteiger partial charge in [-0.3, -0.25) is 9.59 Å². The summed E-state index contributed by atoms with van der Waals surface area (Å²) in [6.07, 6.45) is 0.110. The van der Waals surface area contributed by atoms with Crippen LogP contribution in [0.1, 0.15) is 25.8 Å². The molecule has 2 rings (SSSR count). The van der Waals surface area contributed by atoms with Crippen LogP contribution < -0.4 is 10.7 Å².